The third kappa shape index (κ3) is 9.31. The zero-order valence-corrected chi connectivity index (χ0v) is 30.2. The number of primary sulfonamides is 1. The molecule has 2 heterocycles. The topological polar surface area (TPSA) is 314 Å². The number of aryl methyl sites for hydroxylation is 2. The number of nitro benzene ring substituents is 2. The van der Waals surface area contributed by atoms with Crippen LogP contribution in [0.2, 0.25) is 0 Å². The molecule has 55 heavy (non-hydrogen) atoms. The van der Waals surface area contributed by atoms with Crippen molar-refractivity contribution in [2.45, 2.75) is 18.7 Å². The first kappa shape index (κ1) is 40.7. The summed E-state index contributed by atoms with van der Waals surface area (Å²) in [6.45, 7) is 3.06. The van der Waals surface area contributed by atoms with Crippen molar-refractivity contribution in [2.24, 2.45) is 25.6 Å². The number of aromatic nitrogens is 4. The Labute approximate surface area is 320 Å². The number of para-hydroxylation sites is 1. The van der Waals surface area contributed by atoms with Crippen LogP contribution in [0, 0.1) is 34.1 Å². The standard InChI is InChI=1S/C16H14N6O6S.C16H13N5O4.Cr/c1-9-15(19-18-13-8-11(22(25)26)5-6-14(13)23)16(24)21(20-9)10-3-2-4-12(7-10)29(17,27)28;1-10-15(16(23)20(19-10)11-5-3-2-4-6-11)18-17-13-8-7-12(21(24)25)9-14(13)22;/h2-8H,1H3,(H4,17,18,19,20,23,24,27,28);2-9H,1H3,(H2,17,18,19,22,23);/q;;+3/p-3. The maximum atomic E-state index is 12.6. The fraction of sp³-hybridized carbons (Fsp3) is 0.0625. The van der Waals surface area contributed by atoms with E-state index in [4.69, 9.17) is 5.14 Å². The van der Waals surface area contributed by atoms with Gasteiger partial charge in [-0.25, -0.2) is 13.6 Å². The van der Waals surface area contributed by atoms with E-state index in [1.807, 2.05) is 6.07 Å². The molecule has 6 rings (SSSR count). The number of benzene rings is 4. The number of sulfonamides is 1. The summed E-state index contributed by atoms with van der Waals surface area (Å²) in [5.41, 5.74) is -1.29. The molecule has 21 nitrogen and oxygen atoms in total. The van der Waals surface area contributed by atoms with E-state index in [2.05, 4.69) is 30.7 Å². The van der Waals surface area contributed by atoms with Crippen LogP contribution in [-0.2, 0) is 27.4 Å². The van der Waals surface area contributed by atoms with Crippen LogP contribution in [0.25, 0.3) is 11.4 Å². The van der Waals surface area contributed by atoms with E-state index < -0.39 is 42.5 Å². The molecule has 2 aromatic heterocycles. The van der Waals surface area contributed by atoms with Gasteiger partial charge in [0.05, 0.1) is 26.1 Å². The van der Waals surface area contributed by atoms with Crippen LogP contribution < -0.4 is 36.7 Å². The minimum absolute atomic E-state index is 0. The summed E-state index contributed by atoms with van der Waals surface area (Å²) in [4.78, 5) is 44.9. The molecule has 23 heteroatoms. The molecule has 0 aliphatic rings. The second kappa shape index (κ2) is 16.7. The molecule has 0 fully saturated rings. The van der Waals surface area contributed by atoms with E-state index in [0.717, 1.165) is 35.0 Å². The maximum Gasteiger partial charge on any atom is 3.00 e. The van der Waals surface area contributed by atoms with Crippen molar-refractivity contribution in [3.05, 3.63) is 143 Å². The van der Waals surface area contributed by atoms with Crippen LogP contribution in [-0.4, -0.2) is 27.6 Å². The number of hydrogen-bond acceptors (Lipinski definition) is 14. The summed E-state index contributed by atoms with van der Waals surface area (Å²) in [6, 6.07) is 20.2. The summed E-state index contributed by atoms with van der Waals surface area (Å²) < 4.78 is 25.1. The number of azo groups is 2. The number of nitro groups is 2. The molecular weight excluding hydrogens is 782 g/mol. The average Bonchev–Trinajstić information content (AvgIpc) is 3.59. The van der Waals surface area contributed by atoms with Gasteiger partial charge in [0.2, 0.25) is 10.0 Å². The number of rotatable bonds is 9. The van der Waals surface area contributed by atoms with Crippen LogP contribution in [0.1, 0.15) is 12.8 Å². The predicted octanol–water partition coefficient (Wildman–Crippen LogP) is 3.76. The Bertz CT molecular complexity index is 2710. The molecular formula is C32H24CrN11O10S. The molecule has 4 aromatic carbocycles. The van der Waals surface area contributed by atoms with Crippen LogP contribution in [0.15, 0.2) is 126 Å². The number of nitrogens with two attached hydrogens (primary N) is 1. The van der Waals surface area contributed by atoms with E-state index in [0.29, 0.717) is 11.4 Å². The van der Waals surface area contributed by atoms with Gasteiger partial charge in [-0.3, -0.25) is 29.8 Å². The number of hydrogen-bond donors (Lipinski definition) is 1. The monoisotopic (exact) mass is 806 g/mol. The zero-order chi connectivity index (χ0) is 39.3. The molecule has 0 saturated heterocycles. The second-order valence-electron chi connectivity index (χ2n) is 10.9. The van der Waals surface area contributed by atoms with E-state index in [9.17, 15) is 48.4 Å². The van der Waals surface area contributed by atoms with Gasteiger partial charge in [0.1, 0.15) is 11.4 Å². The van der Waals surface area contributed by atoms with Gasteiger partial charge in [-0.05, 0) is 36.4 Å². The van der Waals surface area contributed by atoms with Gasteiger partial charge in [-0.2, -0.15) is 10.2 Å². The SMILES string of the molecule is Cc1[n-]n(-c2cccc(S(N)(=O)=O)c2)c(=O)c1N=Nc1cc([N+](=O)[O-])ccc1[O-].Cc1[n-]n(-c2ccccc2)c(=O)c1N=Nc1ccc([N+](=O)[O-])cc1[O-].[Cr+3].[H+]. The molecule has 0 unspecified atom stereocenters. The van der Waals surface area contributed by atoms with E-state index in [1.54, 1.807) is 31.2 Å². The molecule has 0 amide bonds. The maximum absolute atomic E-state index is 12.6. The summed E-state index contributed by atoms with van der Waals surface area (Å²) in [6.07, 6.45) is 0. The Morgan fingerprint density at radius 2 is 1.16 bits per heavy atom. The molecule has 0 atom stereocenters. The fourth-order valence-electron chi connectivity index (χ4n) is 4.54. The zero-order valence-electron chi connectivity index (χ0n) is 29.1. The van der Waals surface area contributed by atoms with Crippen molar-refractivity contribution < 1.29 is 47.3 Å². The second-order valence-corrected chi connectivity index (χ2v) is 12.5. The molecule has 1 radical (unpaired) electrons. The van der Waals surface area contributed by atoms with Crippen LogP contribution in [0.4, 0.5) is 34.1 Å². The van der Waals surface area contributed by atoms with E-state index in [1.165, 1.54) is 41.9 Å². The third-order valence-corrected chi connectivity index (χ3v) is 8.10. The molecule has 279 valence electrons. The Hall–Kier alpha value is -7.06. The fourth-order valence-corrected chi connectivity index (χ4v) is 5.09. The summed E-state index contributed by atoms with van der Waals surface area (Å²) >= 11 is 0. The largest absolute Gasteiger partial charge is 3.00 e. The van der Waals surface area contributed by atoms with E-state index >= 15 is 0 Å². The third-order valence-electron chi connectivity index (χ3n) is 7.19. The summed E-state index contributed by atoms with van der Waals surface area (Å²) in [5, 5.41) is 73.2. The minimum atomic E-state index is -3.99. The van der Waals surface area contributed by atoms with Gasteiger partial charge >= 0.3 is 18.8 Å². The van der Waals surface area contributed by atoms with Crippen molar-refractivity contribution >= 4 is 44.1 Å². The molecule has 2 N–H and O–H groups in total. The average molecular weight is 807 g/mol. The normalized spacial score (nSPS) is 11.3. The quantitative estimate of drug-likeness (QED) is 0.124. The Balaban J connectivity index is 0.000000293. The van der Waals surface area contributed by atoms with Crippen molar-refractivity contribution in [1.29, 1.82) is 0 Å². The first-order valence-electron chi connectivity index (χ1n) is 15.0. The van der Waals surface area contributed by atoms with Crippen molar-refractivity contribution in [2.75, 3.05) is 0 Å². The molecule has 0 spiro atoms. The van der Waals surface area contributed by atoms with Crippen LogP contribution in [0.3, 0.4) is 0 Å². The van der Waals surface area contributed by atoms with Gasteiger partial charge in [0.15, 0.2) is 0 Å². The first-order valence-corrected chi connectivity index (χ1v) is 16.6. The Morgan fingerprint density at radius 1 is 0.655 bits per heavy atom. The minimum Gasteiger partial charge on any atom is -0.871 e. The van der Waals surface area contributed by atoms with Crippen LogP contribution in [0.5, 0.6) is 11.5 Å². The molecule has 0 aliphatic heterocycles. The van der Waals surface area contributed by atoms with Crippen molar-refractivity contribution in [1.82, 2.24) is 19.6 Å². The molecule has 0 aliphatic carbocycles. The van der Waals surface area contributed by atoms with Gasteiger partial charge in [0, 0.05) is 35.6 Å². The Morgan fingerprint density at radius 3 is 1.71 bits per heavy atom. The predicted molar refractivity (Wildman–Crippen MR) is 186 cm³/mol. The van der Waals surface area contributed by atoms with Crippen LogP contribution >= 0.6 is 0 Å². The molecule has 0 bridgehead atoms. The van der Waals surface area contributed by atoms with Crippen molar-refractivity contribution in [3.63, 3.8) is 0 Å². The van der Waals surface area contributed by atoms with Gasteiger partial charge < -0.3 is 29.8 Å². The molecule has 0 saturated carbocycles. The summed E-state index contributed by atoms with van der Waals surface area (Å²) in [5.74, 6) is -1.27. The molecule has 6 aromatic rings. The van der Waals surface area contributed by atoms with Gasteiger partial charge in [-0.15, -0.1) is 21.6 Å². The summed E-state index contributed by atoms with van der Waals surface area (Å²) in [7, 11) is -3.99. The Kier molecular flexibility index (Phi) is 12.4. The van der Waals surface area contributed by atoms with Gasteiger partial charge in [0.25, 0.3) is 22.5 Å². The number of non-ortho nitro benzene ring substituents is 2. The van der Waals surface area contributed by atoms with Crippen molar-refractivity contribution in [3.8, 4) is 22.9 Å². The first-order chi connectivity index (χ1) is 25.5. The smallest absolute Gasteiger partial charge is 0.871 e. The number of nitrogens with zero attached hydrogens (tertiary/aromatic N) is 10. The van der Waals surface area contributed by atoms with Gasteiger partial charge in [-0.1, -0.05) is 55.7 Å². The van der Waals surface area contributed by atoms with E-state index in [-0.39, 0.29) is 69.2 Å².